The lowest BCUT2D eigenvalue weighted by atomic mass is 9.92. The summed E-state index contributed by atoms with van der Waals surface area (Å²) < 4.78 is 10.6. The van der Waals surface area contributed by atoms with E-state index in [0.29, 0.717) is 24.6 Å². The minimum atomic E-state index is -1.15. The first-order valence-electron chi connectivity index (χ1n) is 8.90. The number of benzene rings is 1. The van der Waals surface area contributed by atoms with Crippen LogP contribution >= 0.6 is 0 Å². The lowest BCUT2D eigenvalue weighted by molar-refractivity contribution is -0.138. The molecule has 1 aromatic rings. The van der Waals surface area contributed by atoms with E-state index in [1.165, 1.54) is 4.90 Å². The van der Waals surface area contributed by atoms with E-state index in [1.54, 1.807) is 31.2 Å². The highest BCUT2D eigenvalue weighted by Gasteiger charge is 2.48. The first-order valence-corrected chi connectivity index (χ1v) is 8.90. The van der Waals surface area contributed by atoms with Gasteiger partial charge in [-0.3, -0.25) is 14.5 Å². The fraction of sp³-hybridized carbons (Fsp3) is 0.350. The highest BCUT2D eigenvalue weighted by atomic mass is 16.7. The molecule has 0 unspecified atom stereocenters. The third-order valence-electron chi connectivity index (χ3n) is 4.68. The molecule has 1 fully saturated rings. The van der Waals surface area contributed by atoms with Gasteiger partial charge in [0.2, 0.25) is 12.7 Å². The summed E-state index contributed by atoms with van der Waals surface area (Å²) in [6, 6.07) is 4.80. The molecule has 2 heterocycles. The fourth-order valence-corrected chi connectivity index (χ4v) is 3.29. The Morgan fingerprint density at radius 2 is 1.93 bits per heavy atom. The second kappa shape index (κ2) is 7.75. The SMILES string of the molecule is C=CCN(CC=C)C(=O)CN1C(=O)N[C@](C)(Cc2ccc3c(c2)OCO3)C1=O. The molecule has 0 aliphatic carbocycles. The van der Waals surface area contributed by atoms with Gasteiger partial charge in [0, 0.05) is 19.5 Å². The summed E-state index contributed by atoms with van der Waals surface area (Å²) >= 11 is 0. The first kappa shape index (κ1) is 19.5. The van der Waals surface area contributed by atoms with E-state index in [-0.39, 0.29) is 25.7 Å². The smallest absolute Gasteiger partial charge is 0.325 e. The third kappa shape index (κ3) is 3.71. The van der Waals surface area contributed by atoms with Crippen LogP contribution in [0, 0.1) is 0 Å². The second-order valence-corrected chi connectivity index (χ2v) is 6.89. The normalized spacial score (nSPS) is 20.1. The van der Waals surface area contributed by atoms with Crippen LogP contribution in [0.25, 0.3) is 0 Å². The van der Waals surface area contributed by atoms with E-state index in [1.807, 2.05) is 6.07 Å². The highest BCUT2D eigenvalue weighted by Crippen LogP contribution is 2.34. The van der Waals surface area contributed by atoms with Crippen LogP contribution < -0.4 is 14.8 Å². The van der Waals surface area contributed by atoms with Gasteiger partial charge < -0.3 is 19.7 Å². The Morgan fingerprint density at radius 3 is 2.61 bits per heavy atom. The fourth-order valence-electron chi connectivity index (χ4n) is 3.29. The topological polar surface area (TPSA) is 88.2 Å². The van der Waals surface area contributed by atoms with Crippen molar-refractivity contribution in [2.75, 3.05) is 26.4 Å². The Labute approximate surface area is 163 Å². The summed E-state index contributed by atoms with van der Waals surface area (Å²) in [5, 5.41) is 2.71. The minimum Gasteiger partial charge on any atom is -0.454 e. The summed E-state index contributed by atoms with van der Waals surface area (Å²) in [6.45, 7) is 9.32. The van der Waals surface area contributed by atoms with E-state index >= 15 is 0 Å². The van der Waals surface area contributed by atoms with E-state index in [4.69, 9.17) is 9.47 Å². The maximum atomic E-state index is 12.9. The Kier molecular flexibility index (Phi) is 5.39. The third-order valence-corrected chi connectivity index (χ3v) is 4.68. The highest BCUT2D eigenvalue weighted by molar-refractivity contribution is 6.09. The van der Waals surface area contributed by atoms with Gasteiger partial charge in [0.15, 0.2) is 11.5 Å². The van der Waals surface area contributed by atoms with Crippen molar-refractivity contribution in [1.82, 2.24) is 15.1 Å². The summed E-state index contributed by atoms with van der Waals surface area (Å²) in [4.78, 5) is 40.2. The maximum absolute atomic E-state index is 12.9. The Bertz CT molecular complexity index is 827. The van der Waals surface area contributed by atoms with E-state index in [0.717, 1.165) is 10.5 Å². The molecule has 3 rings (SSSR count). The van der Waals surface area contributed by atoms with Crippen molar-refractivity contribution >= 4 is 17.8 Å². The van der Waals surface area contributed by atoms with Crippen LogP contribution in [0.1, 0.15) is 12.5 Å². The number of carbonyl (C=O) groups is 3. The number of nitrogens with one attached hydrogen (secondary N) is 1. The van der Waals surface area contributed by atoms with E-state index in [9.17, 15) is 14.4 Å². The summed E-state index contributed by atoms with van der Waals surface area (Å²) in [7, 11) is 0. The number of carbonyl (C=O) groups excluding carboxylic acids is 3. The molecule has 2 aliphatic rings. The van der Waals surface area contributed by atoms with Gasteiger partial charge in [-0.1, -0.05) is 18.2 Å². The number of hydrogen-bond acceptors (Lipinski definition) is 5. The zero-order chi connectivity index (χ0) is 20.3. The lowest BCUT2D eigenvalue weighted by Gasteiger charge is -2.24. The Hall–Kier alpha value is -3.29. The zero-order valence-corrected chi connectivity index (χ0v) is 15.8. The molecule has 28 heavy (non-hydrogen) atoms. The number of amides is 4. The van der Waals surface area contributed by atoms with Crippen LogP contribution in [0.2, 0.25) is 0 Å². The van der Waals surface area contributed by atoms with Crippen molar-refractivity contribution in [3.05, 3.63) is 49.1 Å². The average molecular weight is 385 g/mol. The summed E-state index contributed by atoms with van der Waals surface area (Å²) in [6.07, 6.45) is 3.43. The molecule has 0 saturated carbocycles. The molecule has 1 N–H and O–H groups in total. The first-order chi connectivity index (χ1) is 13.4. The number of rotatable bonds is 8. The van der Waals surface area contributed by atoms with Crippen molar-refractivity contribution in [2.24, 2.45) is 0 Å². The number of imide groups is 1. The number of urea groups is 1. The number of fused-ring (bicyclic) bond motifs is 1. The van der Waals surface area contributed by atoms with Gasteiger partial charge >= 0.3 is 6.03 Å². The summed E-state index contributed by atoms with van der Waals surface area (Å²) in [5.74, 6) is 0.457. The van der Waals surface area contributed by atoms with Gasteiger partial charge in [-0.15, -0.1) is 13.2 Å². The number of nitrogens with zero attached hydrogens (tertiary/aromatic N) is 2. The molecule has 1 saturated heterocycles. The van der Waals surface area contributed by atoms with Crippen LogP contribution in [-0.4, -0.2) is 59.6 Å². The Morgan fingerprint density at radius 1 is 1.25 bits per heavy atom. The molecule has 1 aromatic carbocycles. The standard InChI is InChI=1S/C20H23N3O5/c1-4-8-22(9-5-2)17(24)12-23-18(25)20(3,21-19(23)26)11-14-6-7-15-16(10-14)28-13-27-15/h4-7,10H,1-2,8-9,11-13H2,3H3,(H,21,26)/t20-/m1/s1. The number of hydrogen-bond donors (Lipinski definition) is 1. The predicted molar refractivity (Wildman–Crippen MR) is 102 cm³/mol. The molecule has 0 aromatic heterocycles. The van der Waals surface area contributed by atoms with Crippen molar-refractivity contribution in [3.8, 4) is 11.5 Å². The van der Waals surface area contributed by atoms with Crippen LogP contribution in [0.5, 0.6) is 11.5 Å². The van der Waals surface area contributed by atoms with Gasteiger partial charge in [0.1, 0.15) is 12.1 Å². The van der Waals surface area contributed by atoms with Crippen LogP contribution in [-0.2, 0) is 16.0 Å². The molecule has 4 amide bonds. The van der Waals surface area contributed by atoms with Crippen molar-refractivity contribution < 1.29 is 23.9 Å². The van der Waals surface area contributed by atoms with Gasteiger partial charge in [-0.05, 0) is 24.6 Å². The molecular weight excluding hydrogens is 362 g/mol. The van der Waals surface area contributed by atoms with Crippen LogP contribution in [0.4, 0.5) is 4.79 Å². The molecule has 148 valence electrons. The van der Waals surface area contributed by atoms with Crippen molar-refractivity contribution in [1.29, 1.82) is 0 Å². The monoisotopic (exact) mass is 385 g/mol. The molecule has 0 spiro atoms. The van der Waals surface area contributed by atoms with Crippen molar-refractivity contribution in [3.63, 3.8) is 0 Å². The predicted octanol–water partition coefficient (Wildman–Crippen LogP) is 1.47. The van der Waals surface area contributed by atoms with Gasteiger partial charge in [0.05, 0.1) is 0 Å². The maximum Gasteiger partial charge on any atom is 0.325 e. The van der Waals surface area contributed by atoms with Crippen LogP contribution in [0.3, 0.4) is 0 Å². The van der Waals surface area contributed by atoms with Crippen LogP contribution in [0.15, 0.2) is 43.5 Å². The molecular formula is C20H23N3O5. The molecule has 0 radical (unpaired) electrons. The molecule has 0 bridgehead atoms. The average Bonchev–Trinajstić information content (AvgIpc) is 3.19. The van der Waals surface area contributed by atoms with Gasteiger partial charge in [-0.2, -0.15) is 0 Å². The zero-order valence-electron chi connectivity index (χ0n) is 15.8. The van der Waals surface area contributed by atoms with Gasteiger partial charge in [-0.25, -0.2) is 4.79 Å². The molecule has 2 aliphatic heterocycles. The lowest BCUT2D eigenvalue weighted by Crippen LogP contribution is -2.47. The minimum absolute atomic E-state index is 0.160. The van der Waals surface area contributed by atoms with Crippen molar-refractivity contribution in [2.45, 2.75) is 18.9 Å². The number of ether oxygens (including phenoxy) is 2. The summed E-state index contributed by atoms with van der Waals surface area (Å²) in [5.41, 5.74) is -0.333. The van der Waals surface area contributed by atoms with E-state index < -0.39 is 17.5 Å². The quantitative estimate of drug-likeness (QED) is 0.541. The largest absolute Gasteiger partial charge is 0.454 e. The van der Waals surface area contributed by atoms with E-state index in [2.05, 4.69) is 18.5 Å². The molecule has 8 nitrogen and oxygen atoms in total. The van der Waals surface area contributed by atoms with Gasteiger partial charge in [0.25, 0.3) is 5.91 Å². The molecule has 1 atom stereocenters. The Balaban J connectivity index is 1.72. The second-order valence-electron chi connectivity index (χ2n) is 6.89. The molecule has 8 heteroatoms.